The Labute approximate surface area is 64.0 Å². The van der Waals surface area contributed by atoms with Crippen LogP contribution in [-0.2, 0) is 0 Å². The topological polar surface area (TPSA) is 0 Å². The molecule has 0 aromatic carbocycles. The Kier molecular flexibility index (Phi) is 1.33. The van der Waals surface area contributed by atoms with Crippen LogP contribution in [0.5, 0.6) is 0 Å². The van der Waals surface area contributed by atoms with E-state index < -0.39 is 0 Å². The summed E-state index contributed by atoms with van der Waals surface area (Å²) in [5.74, 6) is 2.16. The Morgan fingerprint density at radius 3 is 2.60 bits per heavy atom. The van der Waals surface area contributed by atoms with Crippen molar-refractivity contribution in [3.63, 3.8) is 0 Å². The average molecular weight is 138 g/mol. The van der Waals surface area contributed by atoms with E-state index in [4.69, 9.17) is 0 Å². The van der Waals surface area contributed by atoms with Crippen LogP contribution in [0.4, 0.5) is 0 Å². The van der Waals surface area contributed by atoms with Gasteiger partial charge < -0.3 is 0 Å². The van der Waals surface area contributed by atoms with Gasteiger partial charge in [0, 0.05) is 0 Å². The molecule has 58 valence electrons. The van der Waals surface area contributed by atoms with Gasteiger partial charge in [0.25, 0.3) is 0 Å². The molecular weight excluding hydrogens is 120 g/mol. The first kappa shape index (κ1) is 6.69. The van der Waals surface area contributed by atoms with E-state index in [-0.39, 0.29) is 0 Å². The molecule has 2 saturated carbocycles. The van der Waals surface area contributed by atoms with Gasteiger partial charge in [0.2, 0.25) is 0 Å². The largest absolute Gasteiger partial charge is 0.0651 e. The summed E-state index contributed by atoms with van der Waals surface area (Å²) in [4.78, 5) is 0. The Morgan fingerprint density at radius 1 is 1.40 bits per heavy atom. The summed E-state index contributed by atoms with van der Waals surface area (Å²) in [5.41, 5.74) is 0.883. The lowest BCUT2D eigenvalue weighted by molar-refractivity contribution is 0.443. The first-order valence-electron chi connectivity index (χ1n) is 4.77. The molecule has 2 fully saturated rings. The summed E-state index contributed by atoms with van der Waals surface area (Å²) in [6.07, 6.45) is 7.61. The van der Waals surface area contributed by atoms with Gasteiger partial charge in [0.15, 0.2) is 0 Å². The van der Waals surface area contributed by atoms with Gasteiger partial charge in [-0.3, -0.25) is 0 Å². The molecule has 0 unspecified atom stereocenters. The summed E-state index contributed by atoms with van der Waals surface area (Å²) in [6, 6.07) is 0. The van der Waals surface area contributed by atoms with Crippen molar-refractivity contribution in [3.05, 3.63) is 0 Å². The summed E-state index contributed by atoms with van der Waals surface area (Å²) in [7, 11) is 0. The van der Waals surface area contributed by atoms with Gasteiger partial charge in [-0.2, -0.15) is 0 Å². The summed E-state index contributed by atoms with van der Waals surface area (Å²) >= 11 is 0. The third-order valence-electron chi connectivity index (χ3n) is 3.74. The van der Waals surface area contributed by atoms with E-state index in [9.17, 15) is 0 Å². The van der Waals surface area contributed by atoms with Crippen LogP contribution in [0.15, 0.2) is 0 Å². The van der Waals surface area contributed by atoms with Gasteiger partial charge in [-0.25, -0.2) is 0 Å². The van der Waals surface area contributed by atoms with Crippen LogP contribution in [0, 0.1) is 17.3 Å². The van der Waals surface area contributed by atoms with Gasteiger partial charge >= 0.3 is 0 Å². The summed E-state index contributed by atoms with van der Waals surface area (Å²) < 4.78 is 0. The van der Waals surface area contributed by atoms with Gasteiger partial charge in [-0.1, -0.05) is 26.7 Å². The third-order valence-corrected chi connectivity index (χ3v) is 3.74. The first-order chi connectivity index (χ1) is 4.77. The van der Waals surface area contributed by atoms with Crippen molar-refractivity contribution in [2.24, 2.45) is 17.3 Å². The maximum atomic E-state index is 2.42. The molecule has 0 nitrogen and oxygen atoms in total. The van der Waals surface area contributed by atoms with E-state index in [1.54, 1.807) is 19.3 Å². The van der Waals surface area contributed by atoms with Crippen molar-refractivity contribution in [2.45, 2.75) is 46.0 Å². The molecule has 0 saturated heterocycles. The zero-order valence-electron chi connectivity index (χ0n) is 7.19. The predicted octanol–water partition coefficient (Wildman–Crippen LogP) is 3.22. The quantitative estimate of drug-likeness (QED) is 0.522. The van der Waals surface area contributed by atoms with Crippen molar-refractivity contribution in [2.75, 3.05) is 0 Å². The van der Waals surface area contributed by atoms with Crippen LogP contribution in [0.3, 0.4) is 0 Å². The standard InChI is InChI=1S/C10H18/c1-3-9-7-10(9)5-4-8(2)6-10/h8-9H,3-7H2,1-2H3/t8-,9-,10+/m0/s1. The second-order valence-electron chi connectivity index (χ2n) is 4.52. The fourth-order valence-electron chi connectivity index (χ4n) is 3.00. The molecule has 0 bridgehead atoms. The highest BCUT2D eigenvalue weighted by atomic mass is 14.6. The molecule has 0 heterocycles. The van der Waals surface area contributed by atoms with Crippen LogP contribution in [-0.4, -0.2) is 0 Å². The van der Waals surface area contributed by atoms with Crippen molar-refractivity contribution in [3.8, 4) is 0 Å². The minimum atomic E-state index is 0.883. The minimum Gasteiger partial charge on any atom is -0.0651 e. The zero-order valence-corrected chi connectivity index (χ0v) is 7.19. The highest BCUT2D eigenvalue weighted by Gasteiger charge is 2.55. The molecule has 0 radical (unpaired) electrons. The van der Waals surface area contributed by atoms with E-state index in [2.05, 4.69) is 13.8 Å². The molecule has 0 heteroatoms. The van der Waals surface area contributed by atoms with Crippen molar-refractivity contribution in [1.29, 1.82) is 0 Å². The summed E-state index contributed by atoms with van der Waals surface area (Å²) in [6.45, 7) is 4.77. The molecule has 2 aliphatic carbocycles. The van der Waals surface area contributed by atoms with E-state index in [0.717, 1.165) is 17.3 Å². The van der Waals surface area contributed by atoms with Crippen LogP contribution < -0.4 is 0 Å². The number of rotatable bonds is 1. The Hall–Kier alpha value is 0. The smallest absolute Gasteiger partial charge is 0.0264 e. The Bertz CT molecular complexity index is 139. The van der Waals surface area contributed by atoms with Crippen LogP contribution in [0.1, 0.15) is 46.0 Å². The fraction of sp³-hybridized carbons (Fsp3) is 1.00. The zero-order chi connectivity index (χ0) is 7.19. The molecule has 1 spiro atoms. The molecule has 0 amide bonds. The first-order valence-corrected chi connectivity index (χ1v) is 4.77. The van der Waals surface area contributed by atoms with Gasteiger partial charge in [0.1, 0.15) is 0 Å². The Balaban J connectivity index is 1.96. The van der Waals surface area contributed by atoms with Crippen molar-refractivity contribution in [1.82, 2.24) is 0 Å². The molecule has 0 N–H and O–H groups in total. The highest BCUT2D eigenvalue weighted by molar-refractivity contribution is 5.05. The molecular formula is C10H18. The molecule has 2 rings (SSSR count). The maximum absolute atomic E-state index is 2.42. The van der Waals surface area contributed by atoms with E-state index in [1.165, 1.54) is 12.8 Å². The lowest BCUT2D eigenvalue weighted by Crippen LogP contribution is -1.96. The molecule has 2 aliphatic rings. The van der Waals surface area contributed by atoms with Crippen LogP contribution >= 0.6 is 0 Å². The van der Waals surface area contributed by atoms with E-state index in [0.29, 0.717) is 0 Å². The highest BCUT2D eigenvalue weighted by Crippen LogP contribution is 2.65. The van der Waals surface area contributed by atoms with Gasteiger partial charge in [0.05, 0.1) is 0 Å². The van der Waals surface area contributed by atoms with E-state index in [1.807, 2.05) is 0 Å². The Morgan fingerprint density at radius 2 is 2.20 bits per heavy atom. The van der Waals surface area contributed by atoms with Crippen molar-refractivity contribution >= 4 is 0 Å². The third kappa shape index (κ3) is 0.810. The molecule has 10 heavy (non-hydrogen) atoms. The predicted molar refractivity (Wildman–Crippen MR) is 43.8 cm³/mol. The van der Waals surface area contributed by atoms with E-state index >= 15 is 0 Å². The second-order valence-corrected chi connectivity index (χ2v) is 4.52. The minimum absolute atomic E-state index is 0.883. The second kappa shape index (κ2) is 1.99. The monoisotopic (exact) mass is 138 g/mol. The van der Waals surface area contributed by atoms with Gasteiger partial charge in [-0.05, 0) is 36.5 Å². The summed E-state index contributed by atoms with van der Waals surface area (Å²) in [5, 5.41) is 0. The number of hydrogen-bond acceptors (Lipinski definition) is 0. The van der Waals surface area contributed by atoms with Crippen LogP contribution in [0.25, 0.3) is 0 Å². The molecule has 0 aromatic heterocycles. The number of hydrogen-bond donors (Lipinski definition) is 0. The lowest BCUT2D eigenvalue weighted by Gasteiger charge is -2.06. The fourth-order valence-corrected chi connectivity index (χ4v) is 3.00. The SMILES string of the molecule is CC[C@H]1C[C@]12CC[C@H](C)C2. The van der Waals surface area contributed by atoms with Crippen LogP contribution in [0.2, 0.25) is 0 Å². The maximum Gasteiger partial charge on any atom is -0.0264 e. The van der Waals surface area contributed by atoms with Crippen molar-refractivity contribution < 1.29 is 0 Å². The van der Waals surface area contributed by atoms with Gasteiger partial charge in [-0.15, -0.1) is 0 Å². The molecule has 0 aliphatic heterocycles. The lowest BCUT2D eigenvalue weighted by atomic mass is 9.99. The molecule has 3 atom stereocenters. The average Bonchev–Trinajstić information content (AvgIpc) is 2.46. The molecule has 0 aromatic rings. The normalized spacial score (nSPS) is 52.2.